The van der Waals surface area contributed by atoms with Crippen LogP contribution in [0.1, 0.15) is 25.7 Å². The van der Waals surface area contributed by atoms with Gasteiger partial charge in [-0.1, -0.05) is 0 Å². The maximum Gasteiger partial charge on any atom is 0.407 e. The summed E-state index contributed by atoms with van der Waals surface area (Å²) in [4.78, 5) is 22.9. The molecule has 1 aliphatic carbocycles. The van der Waals surface area contributed by atoms with Crippen LogP contribution < -0.4 is 16.0 Å². The molecule has 1 saturated carbocycles. The first-order valence-corrected chi connectivity index (χ1v) is 8.92. The first-order valence-electron chi connectivity index (χ1n) is 7.10. The molecule has 0 aromatic rings. The maximum atomic E-state index is 11.8. The Kier molecular flexibility index (Phi) is 3.46. The third-order valence-electron chi connectivity index (χ3n) is 4.33. The SMILES string of the molecule is O=C(NC1CCS(=O)(=O)CC1)NC1CC2(CNC(=O)O2)C1. The van der Waals surface area contributed by atoms with Crippen molar-refractivity contribution >= 4 is 22.0 Å². The molecule has 0 unspecified atom stereocenters. The summed E-state index contributed by atoms with van der Waals surface area (Å²) in [6.07, 6.45) is 1.75. The maximum absolute atomic E-state index is 11.8. The van der Waals surface area contributed by atoms with Crippen molar-refractivity contribution < 1.29 is 22.7 Å². The second kappa shape index (κ2) is 5.04. The minimum Gasteiger partial charge on any atom is -0.441 e. The lowest BCUT2D eigenvalue weighted by molar-refractivity contribution is -0.0261. The van der Waals surface area contributed by atoms with Gasteiger partial charge in [0.05, 0.1) is 18.1 Å². The van der Waals surface area contributed by atoms with Crippen LogP contribution >= 0.6 is 0 Å². The Morgan fingerprint density at radius 1 is 1.19 bits per heavy atom. The Hall–Kier alpha value is -1.51. The van der Waals surface area contributed by atoms with Crippen LogP contribution in [0.2, 0.25) is 0 Å². The van der Waals surface area contributed by atoms with E-state index >= 15 is 0 Å². The van der Waals surface area contributed by atoms with Gasteiger partial charge in [-0.2, -0.15) is 0 Å². The van der Waals surface area contributed by atoms with Crippen LogP contribution in [0.5, 0.6) is 0 Å². The van der Waals surface area contributed by atoms with Gasteiger partial charge in [0, 0.05) is 24.9 Å². The predicted molar refractivity (Wildman–Crippen MR) is 73.6 cm³/mol. The van der Waals surface area contributed by atoms with Gasteiger partial charge >= 0.3 is 12.1 Å². The van der Waals surface area contributed by atoms with Crippen molar-refractivity contribution in [2.24, 2.45) is 0 Å². The molecule has 3 rings (SSSR count). The molecule has 0 atom stereocenters. The number of amides is 3. The molecule has 3 N–H and O–H groups in total. The highest BCUT2D eigenvalue weighted by Gasteiger charge is 2.51. The van der Waals surface area contributed by atoms with Crippen LogP contribution in [0.3, 0.4) is 0 Å². The summed E-state index contributed by atoms with van der Waals surface area (Å²) in [6.45, 7) is 0.492. The third-order valence-corrected chi connectivity index (χ3v) is 6.04. The second-order valence-corrected chi connectivity index (χ2v) is 8.38. The molecule has 2 heterocycles. The Morgan fingerprint density at radius 2 is 1.81 bits per heavy atom. The van der Waals surface area contributed by atoms with Gasteiger partial charge in [0.15, 0.2) is 0 Å². The summed E-state index contributed by atoms with van der Waals surface area (Å²) in [5, 5.41) is 8.25. The number of alkyl carbamates (subject to hydrolysis) is 1. The average Bonchev–Trinajstić information content (AvgIpc) is 2.74. The highest BCUT2D eigenvalue weighted by molar-refractivity contribution is 7.91. The fourth-order valence-electron chi connectivity index (χ4n) is 3.12. The van der Waals surface area contributed by atoms with Crippen molar-refractivity contribution in [1.82, 2.24) is 16.0 Å². The number of ether oxygens (including phenoxy) is 1. The minimum atomic E-state index is -2.92. The average molecular weight is 317 g/mol. The van der Waals surface area contributed by atoms with E-state index in [0.717, 1.165) is 0 Å². The summed E-state index contributed by atoms with van der Waals surface area (Å²) in [5.41, 5.74) is -0.450. The fraction of sp³-hybridized carbons (Fsp3) is 0.833. The molecular formula is C12H19N3O5S. The van der Waals surface area contributed by atoms with Crippen molar-refractivity contribution in [3.63, 3.8) is 0 Å². The lowest BCUT2D eigenvalue weighted by Gasteiger charge is -2.42. The van der Waals surface area contributed by atoms with E-state index in [4.69, 9.17) is 4.74 Å². The van der Waals surface area contributed by atoms with Crippen LogP contribution in [0.15, 0.2) is 0 Å². The number of sulfone groups is 1. The quantitative estimate of drug-likeness (QED) is 0.635. The molecule has 8 nitrogen and oxygen atoms in total. The monoisotopic (exact) mass is 317 g/mol. The normalized spacial score (nSPS) is 30.1. The minimum absolute atomic E-state index is 0.00924. The van der Waals surface area contributed by atoms with E-state index in [1.54, 1.807) is 0 Å². The van der Waals surface area contributed by atoms with Gasteiger partial charge in [-0.05, 0) is 12.8 Å². The molecular weight excluding hydrogens is 298 g/mol. The van der Waals surface area contributed by atoms with E-state index in [1.807, 2.05) is 0 Å². The number of urea groups is 1. The van der Waals surface area contributed by atoms with E-state index in [-0.39, 0.29) is 29.6 Å². The van der Waals surface area contributed by atoms with Crippen molar-refractivity contribution in [1.29, 1.82) is 0 Å². The molecule has 0 radical (unpaired) electrons. The van der Waals surface area contributed by atoms with Gasteiger partial charge in [0.2, 0.25) is 0 Å². The molecule has 2 aliphatic heterocycles. The molecule has 1 spiro atoms. The van der Waals surface area contributed by atoms with Crippen molar-refractivity contribution in [2.45, 2.75) is 43.4 Å². The van der Waals surface area contributed by atoms with Crippen LogP contribution in [0.4, 0.5) is 9.59 Å². The largest absolute Gasteiger partial charge is 0.441 e. The second-order valence-electron chi connectivity index (χ2n) is 6.08. The van der Waals surface area contributed by atoms with Crippen molar-refractivity contribution in [3.8, 4) is 0 Å². The van der Waals surface area contributed by atoms with Gasteiger partial charge in [0.25, 0.3) is 0 Å². The van der Waals surface area contributed by atoms with Gasteiger partial charge < -0.3 is 20.7 Å². The molecule has 3 fully saturated rings. The Morgan fingerprint density at radius 3 is 2.38 bits per heavy atom. The molecule has 0 aromatic heterocycles. The lowest BCUT2D eigenvalue weighted by Crippen LogP contribution is -2.59. The smallest absolute Gasteiger partial charge is 0.407 e. The molecule has 9 heteroatoms. The van der Waals surface area contributed by atoms with E-state index in [1.165, 1.54) is 0 Å². The topological polar surface area (TPSA) is 114 Å². The van der Waals surface area contributed by atoms with Crippen LogP contribution in [0, 0.1) is 0 Å². The predicted octanol–water partition coefficient (Wildman–Crippen LogP) is -0.496. The zero-order chi connectivity index (χ0) is 15.1. The standard InChI is InChI=1S/C12H19N3O5S/c16-10(14-8-1-3-21(18,19)4-2-8)15-9-5-12(6-9)7-13-11(17)20-12/h8-9H,1-7H2,(H,13,17)(H2,14,15,16). The van der Waals surface area contributed by atoms with Crippen LogP contribution in [0.25, 0.3) is 0 Å². The summed E-state index contributed by atoms with van der Waals surface area (Å²) >= 11 is 0. The summed E-state index contributed by atoms with van der Waals surface area (Å²) in [7, 11) is -2.92. The van der Waals surface area contributed by atoms with Crippen LogP contribution in [-0.2, 0) is 14.6 Å². The molecule has 0 bridgehead atoms. The van der Waals surface area contributed by atoms with E-state index in [9.17, 15) is 18.0 Å². The molecule has 0 aromatic carbocycles. The van der Waals surface area contributed by atoms with Crippen molar-refractivity contribution in [2.75, 3.05) is 18.1 Å². The zero-order valence-corrected chi connectivity index (χ0v) is 12.4. The fourth-order valence-corrected chi connectivity index (χ4v) is 4.61. The van der Waals surface area contributed by atoms with Gasteiger partial charge in [-0.3, -0.25) is 0 Å². The first-order chi connectivity index (χ1) is 9.86. The number of hydrogen-bond donors (Lipinski definition) is 3. The number of hydrogen-bond acceptors (Lipinski definition) is 5. The summed E-state index contributed by atoms with van der Waals surface area (Å²) < 4.78 is 27.8. The number of rotatable bonds is 2. The highest BCUT2D eigenvalue weighted by Crippen LogP contribution is 2.38. The van der Waals surface area contributed by atoms with E-state index < -0.39 is 21.5 Å². The zero-order valence-electron chi connectivity index (χ0n) is 11.6. The summed E-state index contributed by atoms with van der Waals surface area (Å²) in [6, 6.07) is -0.380. The number of carbonyl (C=O) groups is 2. The third kappa shape index (κ3) is 3.22. The number of carbonyl (C=O) groups excluding carboxylic acids is 2. The van der Waals surface area contributed by atoms with Gasteiger partial charge in [0.1, 0.15) is 15.4 Å². The summed E-state index contributed by atoms with van der Waals surface area (Å²) in [5.74, 6) is 0.262. The van der Waals surface area contributed by atoms with Gasteiger partial charge in [-0.15, -0.1) is 0 Å². The molecule has 118 valence electrons. The molecule has 2 saturated heterocycles. The number of nitrogens with one attached hydrogen (secondary N) is 3. The molecule has 3 amide bonds. The Labute approximate surface area is 122 Å². The molecule has 21 heavy (non-hydrogen) atoms. The highest BCUT2D eigenvalue weighted by atomic mass is 32.2. The van der Waals surface area contributed by atoms with E-state index in [0.29, 0.717) is 32.2 Å². The Balaban J connectivity index is 1.39. The van der Waals surface area contributed by atoms with Crippen molar-refractivity contribution in [3.05, 3.63) is 0 Å². The van der Waals surface area contributed by atoms with Gasteiger partial charge in [-0.25, -0.2) is 18.0 Å². The van der Waals surface area contributed by atoms with Crippen LogP contribution in [-0.4, -0.2) is 56.3 Å². The lowest BCUT2D eigenvalue weighted by atomic mass is 9.76. The van der Waals surface area contributed by atoms with E-state index in [2.05, 4.69) is 16.0 Å². The first kappa shape index (κ1) is 14.4. The Bertz CT molecular complexity index is 541. The molecule has 3 aliphatic rings.